The Hall–Kier alpha value is -4.11. The number of carbonyl (C=O) groups is 1. The van der Waals surface area contributed by atoms with Crippen LogP contribution in [0.3, 0.4) is 0 Å². The van der Waals surface area contributed by atoms with Crippen LogP contribution in [0.15, 0.2) is 94.6 Å². The van der Waals surface area contributed by atoms with Crippen LogP contribution in [-0.2, 0) is 28.4 Å². The highest BCUT2D eigenvalue weighted by atomic mass is 32.2. The van der Waals surface area contributed by atoms with Crippen molar-refractivity contribution in [2.24, 2.45) is 7.05 Å². The Labute approximate surface area is 210 Å². The van der Waals surface area contributed by atoms with Crippen molar-refractivity contribution in [1.29, 1.82) is 0 Å². The number of benzene rings is 3. The fourth-order valence-corrected chi connectivity index (χ4v) is 5.43. The fourth-order valence-electron chi connectivity index (χ4n) is 3.94. The first-order valence-corrected chi connectivity index (χ1v) is 12.9. The molecule has 0 aliphatic heterocycles. The van der Waals surface area contributed by atoms with Crippen molar-refractivity contribution in [3.05, 3.63) is 112 Å². The number of aryl methyl sites for hydroxylation is 1. The molecular formula is C27H28N4O4S. The summed E-state index contributed by atoms with van der Waals surface area (Å²) in [7, 11) is -2.54. The number of para-hydroxylation sites is 1. The average Bonchev–Trinajstić information content (AvgIpc) is 3.10. The molecule has 1 amide bonds. The molecule has 1 aromatic heterocycles. The maximum Gasteiger partial charge on any atom is 0.296 e. The molecule has 0 fully saturated rings. The Balaban J connectivity index is 1.75. The molecular weight excluding hydrogens is 476 g/mol. The minimum atomic E-state index is -4.22. The Kier molecular flexibility index (Phi) is 7.12. The second-order valence-corrected chi connectivity index (χ2v) is 10.4. The van der Waals surface area contributed by atoms with Gasteiger partial charge in [0.2, 0.25) is 5.91 Å². The van der Waals surface area contributed by atoms with E-state index in [1.807, 2.05) is 37.3 Å². The van der Waals surface area contributed by atoms with Crippen LogP contribution in [0.5, 0.6) is 0 Å². The van der Waals surface area contributed by atoms with E-state index in [2.05, 4.69) is 5.32 Å². The predicted molar refractivity (Wildman–Crippen MR) is 140 cm³/mol. The Morgan fingerprint density at radius 1 is 0.889 bits per heavy atom. The zero-order valence-corrected chi connectivity index (χ0v) is 21.2. The molecule has 0 atom stereocenters. The summed E-state index contributed by atoms with van der Waals surface area (Å²) in [6.07, 6.45) is 0. The minimum Gasteiger partial charge on any atom is -0.350 e. The van der Waals surface area contributed by atoms with Crippen molar-refractivity contribution < 1.29 is 13.2 Å². The van der Waals surface area contributed by atoms with E-state index in [-0.39, 0.29) is 17.1 Å². The first-order valence-electron chi connectivity index (χ1n) is 11.4. The number of anilines is 1. The lowest BCUT2D eigenvalue weighted by atomic mass is 10.1. The smallest absolute Gasteiger partial charge is 0.296 e. The van der Waals surface area contributed by atoms with Crippen LogP contribution in [0, 0.1) is 13.8 Å². The molecule has 186 valence electrons. The molecule has 0 bridgehead atoms. The van der Waals surface area contributed by atoms with Gasteiger partial charge in [0.25, 0.3) is 15.6 Å². The number of amides is 1. The molecule has 0 saturated carbocycles. The van der Waals surface area contributed by atoms with Gasteiger partial charge in [0.15, 0.2) is 0 Å². The van der Waals surface area contributed by atoms with Gasteiger partial charge in [-0.25, -0.2) is 17.4 Å². The molecule has 3 aromatic carbocycles. The molecule has 0 saturated heterocycles. The highest BCUT2D eigenvalue weighted by Crippen LogP contribution is 2.25. The van der Waals surface area contributed by atoms with Crippen molar-refractivity contribution in [1.82, 2.24) is 14.7 Å². The van der Waals surface area contributed by atoms with Crippen LogP contribution in [-0.4, -0.2) is 30.2 Å². The zero-order chi connectivity index (χ0) is 25.9. The molecule has 4 aromatic rings. The van der Waals surface area contributed by atoms with Crippen LogP contribution in [0.1, 0.15) is 16.8 Å². The summed E-state index contributed by atoms with van der Waals surface area (Å²) >= 11 is 0. The molecule has 0 aliphatic carbocycles. The number of nitrogens with one attached hydrogen (secondary N) is 1. The van der Waals surface area contributed by atoms with Gasteiger partial charge in [-0.1, -0.05) is 66.2 Å². The van der Waals surface area contributed by atoms with Crippen LogP contribution >= 0.6 is 0 Å². The number of hydrogen-bond donors (Lipinski definition) is 1. The molecule has 0 aliphatic rings. The van der Waals surface area contributed by atoms with Gasteiger partial charge in [-0.2, -0.15) is 0 Å². The van der Waals surface area contributed by atoms with Gasteiger partial charge < -0.3 is 5.32 Å². The molecule has 1 N–H and O–H groups in total. The maximum absolute atomic E-state index is 13.7. The summed E-state index contributed by atoms with van der Waals surface area (Å²) in [5.41, 5.74) is 2.37. The van der Waals surface area contributed by atoms with Gasteiger partial charge in [-0.15, -0.1) is 0 Å². The van der Waals surface area contributed by atoms with E-state index in [0.29, 0.717) is 11.4 Å². The van der Waals surface area contributed by atoms with Crippen LogP contribution in [0.25, 0.3) is 5.69 Å². The standard InChI is InChI=1S/C27H28N4O4S/c1-20-14-16-22(17-15-20)18-28-25(32)19-30(36(34,35)24-12-8-5-9-13-24)26-21(2)29(3)31(27(26)33)23-10-6-4-7-11-23/h4-17H,18-19H2,1-3H3,(H,28,32). The van der Waals surface area contributed by atoms with Crippen molar-refractivity contribution in [3.63, 3.8) is 0 Å². The molecule has 4 rings (SSSR count). The van der Waals surface area contributed by atoms with Crippen molar-refractivity contribution in [3.8, 4) is 5.69 Å². The third-order valence-electron chi connectivity index (χ3n) is 6.00. The van der Waals surface area contributed by atoms with E-state index in [1.54, 1.807) is 61.1 Å². The molecule has 36 heavy (non-hydrogen) atoms. The first kappa shape index (κ1) is 25.0. The highest BCUT2D eigenvalue weighted by Gasteiger charge is 2.33. The fraction of sp³-hybridized carbons (Fsp3) is 0.185. The lowest BCUT2D eigenvalue weighted by Gasteiger charge is -2.23. The summed E-state index contributed by atoms with van der Waals surface area (Å²) in [6, 6.07) is 24.4. The number of carbonyl (C=O) groups excluding carboxylic acids is 1. The quantitative estimate of drug-likeness (QED) is 0.398. The highest BCUT2D eigenvalue weighted by molar-refractivity contribution is 7.92. The molecule has 8 nitrogen and oxygen atoms in total. The second kappa shape index (κ2) is 10.2. The maximum atomic E-state index is 13.7. The van der Waals surface area contributed by atoms with Gasteiger partial charge in [0.1, 0.15) is 12.2 Å². The van der Waals surface area contributed by atoms with E-state index in [4.69, 9.17) is 0 Å². The number of sulfonamides is 1. The molecule has 0 radical (unpaired) electrons. The summed E-state index contributed by atoms with van der Waals surface area (Å²) in [4.78, 5) is 26.6. The predicted octanol–water partition coefficient (Wildman–Crippen LogP) is 3.30. The zero-order valence-electron chi connectivity index (χ0n) is 20.4. The topological polar surface area (TPSA) is 93.4 Å². The number of rotatable bonds is 8. The van der Waals surface area contributed by atoms with E-state index in [1.165, 1.54) is 16.8 Å². The summed E-state index contributed by atoms with van der Waals surface area (Å²) < 4.78 is 31.3. The average molecular weight is 505 g/mol. The van der Waals surface area contributed by atoms with E-state index in [9.17, 15) is 18.0 Å². The SMILES string of the molecule is Cc1ccc(CNC(=O)CN(c2c(C)n(C)n(-c3ccccc3)c2=O)S(=O)(=O)c2ccccc2)cc1. The largest absolute Gasteiger partial charge is 0.350 e. The number of hydrogen-bond acceptors (Lipinski definition) is 4. The van der Waals surface area contributed by atoms with Crippen LogP contribution in [0.4, 0.5) is 5.69 Å². The lowest BCUT2D eigenvalue weighted by Crippen LogP contribution is -2.43. The van der Waals surface area contributed by atoms with Gasteiger partial charge in [0, 0.05) is 13.6 Å². The van der Waals surface area contributed by atoms with Gasteiger partial charge in [-0.05, 0) is 43.7 Å². The normalized spacial score (nSPS) is 11.3. The van der Waals surface area contributed by atoms with E-state index < -0.39 is 28.0 Å². The summed E-state index contributed by atoms with van der Waals surface area (Å²) in [5.74, 6) is -0.524. The molecule has 1 heterocycles. The van der Waals surface area contributed by atoms with Crippen LogP contribution < -0.4 is 15.2 Å². The summed E-state index contributed by atoms with van der Waals surface area (Å²) in [6.45, 7) is 3.32. The monoisotopic (exact) mass is 504 g/mol. The van der Waals surface area contributed by atoms with Crippen LogP contribution in [0.2, 0.25) is 0 Å². The molecule has 9 heteroatoms. The Morgan fingerprint density at radius 2 is 1.47 bits per heavy atom. The summed E-state index contributed by atoms with van der Waals surface area (Å²) in [5, 5.41) is 2.77. The first-order chi connectivity index (χ1) is 17.2. The van der Waals surface area contributed by atoms with Gasteiger partial charge >= 0.3 is 0 Å². The van der Waals surface area contributed by atoms with Gasteiger partial charge in [0.05, 0.1) is 16.3 Å². The number of aromatic nitrogens is 2. The molecule has 0 spiro atoms. The van der Waals surface area contributed by atoms with Gasteiger partial charge in [-0.3, -0.25) is 14.3 Å². The van der Waals surface area contributed by atoms with E-state index >= 15 is 0 Å². The third kappa shape index (κ3) is 4.96. The Bertz CT molecular complexity index is 1520. The lowest BCUT2D eigenvalue weighted by molar-refractivity contribution is -0.119. The van der Waals surface area contributed by atoms with Crippen molar-refractivity contribution in [2.45, 2.75) is 25.3 Å². The van der Waals surface area contributed by atoms with Crippen molar-refractivity contribution in [2.75, 3.05) is 10.8 Å². The van der Waals surface area contributed by atoms with E-state index in [0.717, 1.165) is 15.4 Å². The second-order valence-electron chi connectivity index (χ2n) is 8.50. The third-order valence-corrected chi connectivity index (χ3v) is 7.76. The molecule has 0 unspecified atom stereocenters. The minimum absolute atomic E-state index is 0.00903. The Morgan fingerprint density at radius 3 is 2.08 bits per heavy atom. The van der Waals surface area contributed by atoms with Crippen molar-refractivity contribution >= 4 is 21.6 Å². The number of nitrogens with zero attached hydrogens (tertiary/aromatic N) is 3.